The topological polar surface area (TPSA) is 53.4 Å². The van der Waals surface area contributed by atoms with E-state index in [4.69, 9.17) is 5.11 Å². The molecule has 0 saturated carbocycles. The molecule has 0 spiro atoms. The fourth-order valence-electron chi connectivity index (χ4n) is 2.75. The van der Waals surface area contributed by atoms with Crippen molar-refractivity contribution in [1.29, 1.82) is 0 Å². The van der Waals surface area contributed by atoms with Crippen LogP contribution in [0.4, 0.5) is 0 Å². The van der Waals surface area contributed by atoms with Crippen LogP contribution >= 0.6 is 11.3 Å². The fourth-order valence-corrected chi connectivity index (χ4v) is 3.85. The fraction of sp³-hybridized carbons (Fsp3) is 0.733. The molecular formula is C15H24N2O2S. The Labute approximate surface area is 124 Å². The van der Waals surface area contributed by atoms with Crippen LogP contribution in [0.2, 0.25) is 0 Å². The van der Waals surface area contributed by atoms with Crippen LogP contribution in [0, 0.1) is 6.92 Å². The Morgan fingerprint density at radius 1 is 1.35 bits per heavy atom. The minimum absolute atomic E-state index is 0.0972. The Balaban J connectivity index is 1.97. The zero-order valence-corrected chi connectivity index (χ0v) is 13.2. The van der Waals surface area contributed by atoms with Crippen LogP contribution in [0.3, 0.4) is 0 Å². The lowest BCUT2D eigenvalue weighted by Crippen LogP contribution is -2.28. The summed E-state index contributed by atoms with van der Waals surface area (Å²) in [6.07, 6.45) is 5.40. The number of aromatic nitrogens is 1. The van der Waals surface area contributed by atoms with Gasteiger partial charge < -0.3 is 10.0 Å². The number of likely N-dealkylation sites (tertiary alicyclic amines) is 1. The van der Waals surface area contributed by atoms with Gasteiger partial charge in [0.05, 0.1) is 17.1 Å². The monoisotopic (exact) mass is 296 g/mol. The highest BCUT2D eigenvalue weighted by Gasteiger charge is 2.18. The number of aliphatic carboxylic acids is 1. The number of carboxylic acid groups (broad SMARTS) is 1. The highest BCUT2D eigenvalue weighted by Crippen LogP contribution is 2.26. The third-order valence-electron chi connectivity index (χ3n) is 3.87. The number of hydrogen-bond donors (Lipinski definition) is 1. The molecule has 5 heteroatoms. The number of thiazole rings is 1. The first-order valence-corrected chi connectivity index (χ1v) is 8.28. The minimum atomic E-state index is -0.775. The zero-order valence-electron chi connectivity index (χ0n) is 12.4. The Kier molecular flexibility index (Phi) is 5.54. The molecule has 112 valence electrons. The Morgan fingerprint density at radius 2 is 2.00 bits per heavy atom. The molecule has 1 fully saturated rings. The van der Waals surface area contributed by atoms with E-state index in [1.807, 2.05) is 6.92 Å². The highest BCUT2D eigenvalue weighted by molar-refractivity contribution is 7.11. The van der Waals surface area contributed by atoms with Gasteiger partial charge in [-0.05, 0) is 32.9 Å². The van der Waals surface area contributed by atoms with Gasteiger partial charge in [0.15, 0.2) is 0 Å². The lowest BCUT2D eigenvalue weighted by atomic mass is 10.1. The van der Waals surface area contributed by atoms with Gasteiger partial charge in [-0.2, -0.15) is 0 Å². The quantitative estimate of drug-likeness (QED) is 0.907. The minimum Gasteiger partial charge on any atom is -0.481 e. The van der Waals surface area contributed by atoms with E-state index in [0.29, 0.717) is 5.92 Å². The van der Waals surface area contributed by atoms with E-state index in [2.05, 4.69) is 16.8 Å². The number of carboxylic acids is 1. The van der Waals surface area contributed by atoms with E-state index in [9.17, 15) is 4.79 Å². The molecular weight excluding hydrogens is 272 g/mol. The first-order valence-electron chi connectivity index (χ1n) is 7.46. The molecule has 0 aliphatic carbocycles. The van der Waals surface area contributed by atoms with Crippen molar-refractivity contribution in [2.75, 3.05) is 19.6 Å². The van der Waals surface area contributed by atoms with Crippen molar-refractivity contribution in [1.82, 2.24) is 9.88 Å². The predicted octanol–water partition coefficient (Wildman–Crippen LogP) is 3.06. The average molecular weight is 296 g/mol. The molecule has 0 amide bonds. The number of aryl methyl sites for hydroxylation is 1. The first kappa shape index (κ1) is 15.4. The molecule has 0 radical (unpaired) electrons. The Bertz CT molecular complexity index is 451. The molecule has 0 bridgehead atoms. The van der Waals surface area contributed by atoms with Crippen LogP contribution in [0.1, 0.15) is 54.1 Å². The van der Waals surface area contributed by atoms with Crippen LogP contribution in [0.5, 0.6) is 0 Å². The lowest BCUT2D eigenvalue weighted by Gasteiger charge is -2.22. The van der Waals surface area contributed by atoms with Crippen LogP contribution in [-0.2, 0) is 11.2 Å². The molecule has 0 aromatic carbocycles. The maximum atomic E-state index is 10.8. The molecule has 1 aromatic rings. The Morgan fingerprint density at radius 3 is 2.60 bits per heavy atom. The van der Waals surface area contributed by atoms with E-state index in [-0.39, 0.29) is 6.42 Å². The standard InChI is InChI=1S/C15H24N2O2S/c1-11(10-17-7-5-3-4-6-8-17)15-16-12(2)13(20-15)9-14(18)19/h11H,3-10H2,1-2H3,(H,18,19). The second-order valence-corrected chi connectivity index (χ2v) is 6.86. The molecule has 1 N–H and O–H groups in total. The summed E-state index contributed by atoms with van der Waals surface area (Å²) >= 11 is 1.57. The van der Waals surface area contributed by atoms with Crippen LogP contribution in [-0.4, -0.2) is 40.6 Å². The second kappa shape index (κ2) is 7.18. The predicted molar refractivity (Wildman–Crippen MR) is 81.5 cm³/mol. The van der Waals surface area contributed by atoms with Gasteiger partial charge in [0.1, 0.15) is 0 Å². The summed E-state index contributed by atoms with van der Waals surface area (Å²) in [4.78, 5) is 18.8. The van der Waals surface area contributed by atoms with Gasteiger partial charge in [0, 0.05) is 17.3 Å². The molecule has 20 heavy (non-hydrogen) atoms. The normalized spacial score (nSPS) is 18.7. The van der Waals surface area contributed by atoms with Gasteiger partial charge in [-0.15, -0.1) is 11.3 Å². The van der Waals surface area contributed by atoms with Crippen molar-refractivity contribution in [2.24, 2.45) is 0 Å². The second-order valence-electron chi connectivity index (χ2n) is 5.75. The van der Waals surface area contributed by atoms with Gasteiger partial charge in [0.2, 0.25) is 0 Å². The summed E-state index contributed by atoms with van der Waals surface area (Å²) in [5.41, 5.74) is 0.884. The van der Waals surface area contributed by atoms with Gasteiger partial charge in [-0.25, -0.2) is 4.98 Å². The van der Waals surface area contributed by atoms with Gasteiger partial charge >= 0.3 is 5.97 Å². The van der Waals surface area contributed by atoms with Crippen molar-refractivity contribution in [3.63, 3.8) is 0 Å². The molecule has 2 rings (SSSR count). The molecule has 1 atom stereocenters. The molecule has 4 nitrogen and oxygen atoms in total. The summed E-state index contributed by atoms with van der Waals surface area (Å²) in [6.45, 7) is 7.54. The number of nitrogens with zero attached hydrogens (tertiary/aromatic N) is 2. The van der Waals surface area contributed by atoms with Crippen molar-refractivity contribution in [2.45, 2.75) is 51.9 Å². The largest absolute Gasteiger partial charge is 0.481 e. The van der Waals surface area contributed by atoms with Crippen molar-refractivity contribution in [3.05, 3.63) is 15.6 Å². The molecule has 1 unspecified atom stereocenters. The third kappa shape index (κ3) is 4.28. The summed E-state index contributed by atoms with van der Waals surface area (Å²) in [5, 5.41) is 9.99. The summed E-state index contributed by atoms with van der Waals surface area (Å²) < 4.78 is 0. The van der Waals surface area contributed by atoms with E-state index in [1.54, 1.807) is 11.3 Å². The van der Waals surface area contributed by atoms with Gasteiger partial charge in [-0.3, -0.25) is 4.79 Å². The zero-order chi connectivity index (χ0) is 14.5. The van der Waals surface area contributed by atoms with Crippen LogP contribution in [0.25, 0.3) is 0 Å². The smallest absolute Gasteiger partial charge is 0.308 e. The summed E-state index contributed by atoms with van der Waals surface area (Å²) in [5.74, 6) is -0.386. The molecule has 1 aromatic heterocycles. The van der Waals surface area contributed by atoms with E-state index in [1.165, 1.54) is 38.8 Å². The van der Waals surface area contributed by atoms with Crippen LogP contribution < -0.4 is 0 Å². The molecule has 1 aliphatic heterocycles. The van der Waals surface area contributed by atoms with Gasteiger partial charge in [0.25, 0.3) is 0 Å². The average Bonchev–Trinajstić information content (AvgIpc) is 2.61. The third-order valence-corrected chi connectivity index (χ3v) is 5.26. The number of carbonyl (C=O) groups is 1. The summed E-state index contributed by atoms with van der Waals surface area (Å²) in [6, 6.07) is 0. The Hall–Kier alpha value is -0.940. The van der Waals surface area contributed by atoms with E-state index < -0.39 is 5.97 Å². The first-order chi connectivity index (χ1) is 9.56. The summed E-state index contributed by atoms with van der Waals surface area (Å²) in [7, 11) is 0. The van der Waals surface area contributed by atoms with Crippen molar-refractivity contribution >= 4 is 17.3 Å². The number of hydrogen-bond acceptors (Lipinski definition) is 4. The van der Waals surface area contributed by atoms with Crippen molar-refractivity contribution < 1.29 is 9.90 Å². The maximum Gasteiger partial charge on any atom is 0.308 e. The van der Waals surface area contributed by atoms with Crippen LogP contribution in [0.15, 0.2) is 0 Å². The SMILES string of the molecule is Cc1nc(C(C)CN2CCCCCC2)sc1CC(=O)O. The van der Waals surface area contributed by atoms with E-state index in [0.717, 1.165) is 22.1 Å². The maximum absolute atomic E-state index is 10.8. The van der Waals surface area contributed by atoms with Gasteiger partial charge in [-0.1, -0.05) is 19.8 Å². The molecule has 1 aliphatic rings. The van der Waals surface area contributed by atoms with E-state index >= 15 is 0 Å². The molecule has 1 saturated heterocycles. The lowest BCUT2D eigenvalue weighted by molar-refractivity contribution is -0.136. The van der Waals surface area contributed by atoms with Crippen molar-refractivity contribution in [3.8, 4) is 0 Å². The molecule has 2 heterocycles. The number of rotatable bonds is 5. The highest BCUT2D eigenvalue weighted by atomic mass is 32.1.